The molecule has 0 N–H and O–H groups in total. The van der Waals surface area contributed by atoms with Gasteiger partial charge in [0.05, 0.1) is 24.5 Å². The molecule has 1 saturated heterocycles. The summed E-state index contributed by atoms with van der Waals surface area (Å²) < 4.78 is 38.3. The van der Waals surface area contributed by atoms with Crippen LogP contribution in [0, 0.1) is 11.6 Å². The van der Waals surface area contributed by atoms with E-state index in [2.05, 4.69) is 4.98 Å². The van der Waals surface area contributed by atoms with Crippen molar-refractivity contribution in [1.82, 2.24) is 9.88 Å². The second kappa shape index (κ2) is 7.82. The molecule has 1 aliphatic heterocycles. The molecule has 0 spiro atoms. The van der Waals surface area contributed by atoms with Gasteiger partial charge in [-0.25, -0.2) is 13.8 Å². The number of halogens is 2. The molecule has 1 aromatic heterocycles. The predicted octanol–water partition coefficient (Wildman–Crippen LogP) is 3.55. The Bertz CT molecular complexity index is 1060. The molecule has 1 aliphatic rings. The second-order valence-electron chi connectivity index (χ2n) is 6.58. The molecule has 0 saturated carbocycles. The fourth-order valence-electron chi connectivity index (χ4n) is 3.33. The summed E-state index contributed by atoms with van der Waals surface area (Å²) >= 11 is 1.25. The number of hydrogen-bond donors (Lipinski definition) is 0. The molecule has 4 rings (SSSR count). The first-order valence-corrected chi connectivity index (χ1v) is 9.83. The number of aromatic nitrogens is 1. The number of carbonyl (C=O) groups excluding carboxylic acids is 1. The summed E-state index contributed by atoms with van der Waals surface area (Å²) in [5, 5.41) is 0.624. The zero-order valence-electron chi connectivity index (χ0n) is 15.9. The first kappa shape index (κ1) is 19.4. The number of rotatable bonds is 4. The van der Waals surface area contributed by atoms with E-state index in [9.17, 15) is 13.6 Å². The summed E-state index contributed by atoms with van der Waals surface area (Å²) in [5.41, 5.74) is 0.646. The predicted molar refractivity (Wildman–Crippen MR) is 107 cm³/mol. The van der Waals surface area contributed by atoms with Crippen molar-refractivity contribution >= 4 is 32.6 Å². The molecule has 0 aliphatic carbocycles. The normalized spacial score (nSPS) is 14.3. The molecule has 152 valence electrons. The zero-order chi connectivity index (χ0) is 20.5. The van der Waals surface area contributed by atoms with Crippen molar-refractivity contribution in [2.75, 3.05) is 45.3 Å². The zero-order valence-corrected chi connectivity index (χ0v) is 16.8. The number of nitrogens with zero attached hydrogens (tertiary/aromatic N) is 3. The molecule has 0 radical (unpaired) electrons. The minimum atomic E-state index is -0.664. The Labute approximate surface area is 170 Å². The van der Waals surface area contributed by atoms with Crippen molar-refractivity contribution in [1.29, 1.82) is 0 Å². The first-order chi connectivity index (χ1) is 14.0. The molecule has 2 heterocycles. The van der Waals surface area contributed by atoms with Gasteiger partial charge in [0.25, 0.3) is 5.91 Å². The highest BCUT2D eigenvalue weighted by Gasteiger charge is 2.26. The molecular formula is C20H19F2N3O3S. The van der Waals surface area contributed by atoms with Crippen molar-refractivity contribution in [2.24, 2.45) is 0 Å². The number of piperazine rings is 1. The van der Waals surface area contributed by atoms with Crippen LogP contribution in [0.1, 0.15) is 10.4 Å². The van der Waals surface area contributed by atoms with E-state index in [1.54, 1.807) is 30.2 Å². The highest BCUT2D eigenvalue weighted by molar-refractivity contribution is 7.22. The van der Waals surface area contributed by atoms with E-state index in [-0.39, 0.29) is 11.4 Å². The number of carbonyl (C=O) groups is 1. The third-order valence-corrected chi connectivity index (χ3v) is 5.94. The Hall–Kier alpha value is -2.94. The Kier molecular flexibility index (Phi) is 5.23. The Morgan fingerprint density at radius 2 is 1.83 bits per heavy atom. The third-order valence-electron chi connectivity index (χ3n) is 4.88. The molecule has 29 heavy (non-hydrogen) atoms. The second-order valence-corrected chi connectivity index (χ2v) is 7.59. The van der Waals surface area contributed by atoms with Crippen LogP contribution in [-0.2, 0) is 0 Å². The summed E-state index contributed by atoms with van der Waals surface area (Å²) in [6.45, 7) is 2.07. The summed E-state index contributed by atoms with van der Waals surface area (Å²) in [5.74, 6) is -0.332. The lowest BCUT2D eigenvalue weighted by atomic mass is 10.1. The number of anilines is 1. The largest absolute Gasteiger partial charge is 0.497 e. The van der Waals surface area contributed by atoms with E-state index < -0.39 is 11.6 Å². The van der Waals surface area contributed by atoms with Crippen LogP contribution in [0.25, 0.3) is 10.2 Å². The van der Waals surface area contributed by atoms with E-state index >= 15 is 0 Å². The van der Waals surface area contributed by atoms with Crippen molar-refractivity contribution in [3.8, 4) is 11.5 Å². The maximum Gasteiger partial charge on any atom is 0.257 e. The van der Waals surface area contributed by atoms with Crippen LogP contribution in [0.5, 0.6) is 11.5 Å². The number of hydrogen-bond acceptors (Lipinski definition) is 6. The molecule has 0 atom stereocenters. The fraction of sp³-hybridized carbons (Fsp3) is 0.300. The standard InChI is InChI=1S/C20H19F2N3O3S/c1-27-13-3-4-14(16(11-13)28-2)19(26)24-5-7-25(8-6-24)20-23-18-15(22)9-12(21)10-17(18)29-20/h3-4,9-11H,5-8H2,1-2H3. The number of methoxy groups -OCH3 is 2. The van der Waals surface area contributed by atoms with Crippen LogP contribution in [-0.4, -0.2) is 56.2 Å². The Morgan fingerprint density at radius 1 is 1.07 bits per heavy atom. The van der Waals surface area contributed by atoms with Gasteiger partial charge in [-0.2, -0.15) is 0 Å². The molecule has 2 aromatic carbocycles. The van der Waals surface area contributed by atoms with E-state index in [0.29, 0.717) is 53.1 Å². The van der Waals surface area contributed by atoms with Gasteiger partial charge in [-0.05, 0) is 18.2 Å². The highest BCUT2D eigenvalue weighted by Crippen LogP contribution is 2.32. The maximum atomic E-state index is 13.9. The van der Waals surface area contributed by atoms with E-state index in [0.717, 1.165) is 6.07 Å². The van der Waals surface area contributed by atoms with Crippen LogP contribution in [0.15, 0.2) is 30.3 Å². The van der Waals surface area contributed by atoms with Crippen molar-refractivity contribution in [2.45, 2.75) is 0 Å². The summed E-state index contributed by atoms with van der Waals surface area (Å²) in [6.07, 6.45) is 0. The minimum absolute atomic E-state index is 0.124. The van der Waals surface area contributed by atoms with Crippen LogP contribution < -0.4 is 14.4 Å². The third kappa shape index (κ3) is 3.69. The highest BCUT2D eigenvalue weighted by atomic mass is 32.1. The Balaban J connectivity index is 1.48. The van der Waals surface area contributed by atoms with E-state index in [1.165, 1.54) is 24.5 Å². The monoisotopic (exact) mass is 419 g/mol. The number of amides is 1. The van der Waals surface area contributed by atoms with Gasteiger partial charge in [-0.3, -0.25) is 4.79 Å². The van der Waals surface area contributed by atoms with Gasteiger partial charge in [0.1, 0.15) is 22.8 Å². The lowest BCUT2D eigenvalue weighted by Gasteiger charge is -2.34. The van der Waals surface area contributed by atoms with Crippen molar-refractivity contribution in [3.05, 3.63) is 47.5 Å². The molecule has 0 unspecified atom stereocenters. The first-order valence-electron chi connectivity index (χ1n) is 9.02. The van der Waals surface area contributed by atoms with Crippen LogP contribution in [0.2, 0.25) is 0 Å². The average molecular weight is 419 g/mol. The van der Waals surface area contributed by atoms with Gasteiger partial charge in [0.2, 0.25) is 0 Å². The molecule has 1 fully saturated rings. The van der Waals surface area contributed by atoms with E-state index in [1.807, 2.05) is 4.90 Å². The number of thiazole rings is 1. The lowest BCUT2D eigenvalue weighted by molar-refractivity contribution is 0.0743. The van der Waals surface area contributed by atoms with E-state index in [4.69, 9.17) is 9.47 Å². The van der Waals surface area contributed by atoms with Crippen LogP contribution in [0.3, 0.4) is 0 Å². The van der Waals surface area contributed by atoms with Gasteiger partial charge < -0.3 is 19.3 Å². The maximum absolute atomic E-state index is 13.9. The summed E-state index contributed by atoms with van der Waals surface area (Å²) in [4.78, 5) is 21.0. The van der Waals surface area contributed by atoms with Gasteiger partial charge in [-0.15, -0.1) is 0 Å². The molecular weight excluding hydrogens is 400 g/mol. The number of fused-ring (bicyclic) bond motifs is 1. The number of benzene rings is 2. The van der Waals surface area contributed by atoms with Crippen LogP contribution >= 0.6 is 11.3 Å². The van der Waals surface area contributed by atoms with Crippen LogP contribution in [0.4, 0.5) is 13.9 Å². The van der Waals surface area contributed by atoms with Gasteiger partial charge in [0.15, 0.2) is 10.9 Å². The summed E-state index contributed by atoms with van der Waals surface area (Å²) in [7, 11) is 3.07. The molecule has 9 heteroatoms. The summed E-state index contributed by atoms with van der Waals surface area (Å²) in [6, 6.07) is 7.22. The minimum Gasteiger partial charge on any atom is -0.497 e. The van der Waals surface area contributed by atoms with Gasteiger partial charge >= 0.3 is 0 Å². The van der Waals surface area contributed by atoms with Gasteiger partial charge in [0, 0.05) is 38.3 Å². The SMILES string of the molecule is COc1ccc(C(=O)N2CCN(c3nc4c(F)cc(F)cc4s3)CC2)c(OC)c1. The van der Waals surface area contributed by atoms with Gasteiger partial charge in [-0.1, -0.05) is 11.3 Å². The average Bonchev–Trinajstić information content (AvgIpc) is 3.17. The fourth-order valence-corrected chi connectivity index (χ4v) is 4.38. The molecule has 3 aromatic rings. The molecule has 6 nitrogen and oxygen atoms in total. The Morgan fingerprint density at radius 3 is 2.52 bits per heavy atom. The quantitative estimate of drug-likeness (QED) is 0.647. The molecule has 1 amide bonds. The van der Waals surface area contributed by atoms with Crippen molar-refractivity contribution in [3.63, 3.8) is 0 Å². The smallest absolute Gasteiger partial charge is 0.257 e. The lowest BCUT2D eigenvalue weighted by Crippen LogP contribution is -2.48. The molecule has 0 bridgehead atoms. The number of ether oxygens (including phenoxy) is 2. The topological polar surface area (TPSA) is 54.9 Å². The van der Waals surface area contributed by atoms with Crippen molar-refractivity contribution < 1.29 is 23.0 Å².